The summed E-state index contributed by atoms with van der Waals surface area (Å²) in [5.74, 6) is -1.21. The Morgan fingerprint density at radius 1 is 1.50 bits per heavy atom. The second-order valence-electron chi connectivity index (χ2n) is 5.65. The zero-order valence-electron chi connectivity index (χ0n) is 14.1. The summed E-state index contributed by atoms with van der Waals surface area (Å²) < 4.78 is 14.2. The molecule has 0 aromatic heterocycles. The molecular formula is C18H24FN3O2. The fourth-order valence-corrected chi connectivity index (χ4v) is 2.23. The molecule has 0 heterocycles. The van der Waals surface area contributed by atoms with Crippen LogP contribution in [0.15, 0.2) is 47.6 Å². The van der Waals surface area contributed by atoms with Gasteiger partial charge >= 0.3 is 0 Å². The lowest BCUT2D eigenvalue weighted by Gasteiger charge is -2.27. The molecule has 6 heteroatoms. The van der Waals surface area contributed by atoms with Crippen molar-refractivity contribution < 1.29 is 14.4 Å². The number of nitrogens with zero attached hydrogens (tertiary/aromatic N) is 2. The normalized spacial score (nSPS) is 11.7. The predicted molar refractivity (Wildman–Crippen MR) is 93.6 cm³/mol. The van der Waals surface area contributed by atoms with Crippen LogP contribution < -0.4 is 5.48 Å². The van der Waals surface area contributed by atoms with E-state index in [1.165, 1.54) is 11.5 Å². The first kappa shape index (κ1) is 19.7. The summed E-state index contributed by atoms with van der Waals surface area (Å²) >= 11 is 0. The van der Waals surface area contributed by atoms with Gasteiger partial charge in [-0.1, -0.05) is 18.7 Å². The largest absolute Gasteiger partial charge is 0.296 e. The highest BCUT2D eigenvalue weighted by atomic mass is 19.1. The van der Waals surface area contributed by atoms with Crippen LogP contribution in [0.4, 0.5) is 4.39 Å². The van der Waals surface area contributed by atoms with Crippen LogP contribution in [0.3, 0.4) is 0 Å². The Kier molecular flexibility index (Phi) is 8.01. The van der Waals surface area contributed by atoms with Crippen molar-refractivity contribution in [3.05, 3.63) is 59.6 Å². The van der Waals surface area contributed by atoms with Crippen molar-refractivity contribution in [1.29, 1.82) is 0 Å². The molecule has 0 saturated heterocycles. The lowest BCUT2D eigenvalue weighted by Crippen LogP contribution is -2.32. The molecule has 24 heavy (non-hydrogen) atoms. The number of allylic oxidation sites excluding steroid dienone is 1. The first-order valence-electron chi connectivity index (χ1n) is 7.67. The molecular weight excluding hydrogens is 309 g/mol. The number of halogens is 1. The number of nitrogens with one attached hydrogen (secondary N) is 1. The van der Waals surface area contributed by atoms with Crippen LogP contribution in [0, 0.1) is 5.82 Å². The molecule has 1 rings (SSSR count). The van der Waals surface area contributed by atoms with E-state index in [0.29, 0.717) is 18.7 Å². The number of aliphatic imine (C=N–C) groups is 1. The van der Waals surface area contributed by atoms with Crippen LogP contribution >= 0.6 is 0 Å². The Bertz CT molecular complexity index is 627. The first-order valence-corrected chi connectivity index (χ1v) is 7.67. The van der Waals surface area contributed by atoms with Gasteiger partial charge in [0.15, 0.2) is 0 Å². The molecule has 0 spiro atoms. The minimum atomic E-state index is -0.737. The second kappa shape index (κ2) is 9.75. The van der Waals surface area contributed by atoms with Gasteiger partial charge in [-0.15, -0.1) is 0 Å². The van der Waals surface area contributed by atoms with Gasteiger partial charge in [0.1, 0.15) is 5.82 Å². The molecule has 1 aromatic carbocycles. The van der Waals surface area contributed by atoms with Gasteiger partial charge in [-0.05, 0) is 44.7 Å². The van der Waals surface area contributed by atoms with Crippen LogP contribution in [0.25, 0.3) is 0 Å². The Balaban J connectivity index is 2.85. The number of carbonyl (C=O) groups excluding carboxylic acids is 1. The molecule has 0 aliphatic carbocycles. The van der Waals surface area contributed by atoms with Crippen molar-refractivity contribution in [2.24, 2.45) is 4.99 Å². The molecule has 5 nitrogen and oxygen atoms in total. The number of amides is 1. The molecule has 0 atom stereocenters. The molecule has 1 aromatic rings. The van der Waals surface area contributed by atoms with E-state index in [1.807, 2.05) is 13.8 Å². The molecule has 0 saturated carbocycles. The minimum Gasteiger partial charge on any atom is -0.296 e. The number of carbonyl (C=O) groups is 1. The number of hydrogen-bond acceptors (Lipinski definition) is 4. The van der Waals surface area contributed by atoms with Gasteiger partial charge in [0.25, 0.3) is 5.91 Å². The summed E-state index contributed by atoms with van der Waals surface area (Å²) in [6.45, 7) is 12.4. The average molecular weight is 333 g/mol. The Morgan fingerprint density at radius 3 is 2.71 bits per heavy atom. The Hall–Kier alpha value is -2.31. The number of rotatable bonds is 9. The predicted octanol–water partition coefficient (Wildman–Crippen LogP) is 3.32. The molecule has 0 aliphatic rings. The standard InChI is InChI=1S/C18H24FN3O2/c1-5-14(11-20-4)8-9-22(13(2)3)12-16-7-6-15(10-17(16)19)18(23)21-24/h5-7,10-11,13,24H,1,4,8-9,12H2,2-3H3,(H,21,23)/b14-11+. The van der Waals surface area contributed by atoms with Crippen molar-refractivity contribution in [2.45, 2.75) is 32.9 Å². The summed E-state index contributed by atoms with van der Waals surface area (Å²) in [6, 6.07) is 4.38. The van der Waals surface area contributed by atoms with Crippen molar-refractivity contribution in [2.75, 3.05) is 6.54 Å². The fraction of sp³-hybridized carbons (Fsp3) is 0.333. The third-order valence-corrected chi connectivity index (χ3v) is 3.73. The van der Waals surface area contributed by atoms with Crippen molar-refractivity contribution in [3.63, 3.8) is 0 Å². The summed E-state index contributed by atoms with van der Waals surface area (Å²) in [6.07, 6.45) is 4.12. The maximum atomic E-state index is 14.2. The minimum absolute atomic E-state index is 0.0729. The van der Waals surface area contributed by atoms with E-state index in [9.17, 15) is 9.18 Å². The smallest absolute Gasteiger partial charge is 0.274 e. The maximum Gasteiger partial charge on any atom is 0.274 e. The lowest BCUT2D eigenvalue weighted by molar-refractivity contribution is 0.0706. The van der Waals surface area contributed by atoms with Crippen LogP contribution in [-0.2, 0) is 6.54 Å². The van der Waals surface area contributed by atoms with Crippen molar-refractivity contribution in [1.82, 2.24) is 10.4 Å². The van der Waals surface area contributed by atoms with Gasteiger partial charge in [0.2, 0.25) is 0 Å². The van der Waals surface area contributed by atoms with E-state index in [2.05, 4.69) is 23.2 Å². The number of hydroxylamine groups is 1. The molecule has 0 bridgehead atoms. The van der Waals surface area contributed by atoms with Gasteiger partial charge in [-0.3, -0.25) is 19.9 Å². The summed E-state index contributed by atoms with van der Waals surface area (Å²) in [4.78, 5) is 17.2. The Labute approximate surface area is 142 Å². The van der Waals surface area contributed by atoms with Gasteiger partial charge in [-0.2, -0.15) is 0 Å². The summed E-state index contributed by atoms with van der Waals surface area (Å²) in [5.41, 5.74) is 3.02. The van der Waals surface area contributed by atoms with Crippen LogP contribution in [-0.4, -0.2) is 35.3 Å². The van der Waals surface area contributed by atoms with Gasteiger partial charge < -0.3 is 0 Å². The first-order chi connectivity index (χ1) is 11.4. The average Bonchev–Trinajstić information content (AvgIpc) is 2.57. The van der Waals surface area contributed by atoms with Crippen LogP contribution in [0.2, 0.25) is 0 Å². The third-order valence-electron chi connectivity index (χ3n) is 3.73. The topological polar surface area (TPSA) is 64.9 Å². The SMILES string of the molecule is C=C/C(=C\N=C)CCN(Cc1ccc(C(=O)NO)cc1F)C(C)C. The molecule has 0 fully saturated rings. The van der Waals surface area contributed by atoms with Crippen molar-refractivity contribution in [3.8, 4) is 0 Å². The maximum absolute atomic E-state index is 14.2. The number of benzene rings is 1. The molecule has 1 amide bonds. The quantitative estimate of drug-likeness (QED) is 0.315. The van der Waals surface area contributed by atoms with E-state index in [-0.39, 0.29) is 11.6 Å². The van der Waals surface area contributed by atoms with Crippen LogP contribution in [0.1, 0.15) is 36.2 Å². The number of hydrogen-bond donors (Lipinski definition) is 2. The van der Waals surface area contributed by atoms with Gasteiger partial charge in [0, 0.05) is 36.5 Å². The monoisotopic (exact) mass is 333 g/mol. The highest BCUT2D eigenvalue weighted by Gasteiger charge is 2.15. The third kappa shape index (κ3) is 5.72. The zero-order chi connectivity index (χ0) is 18.1. The lowest BCUT2D eigenvalue weighted by atomic mass is 10.1. The van der Waals surface area contributed by atoms with Gasteiger partial charge in [-0.25, -0.2) is 9.87 Å². The van der Waals surface area contributed by atoms with E-state index in [1.54, 1.807) is 18.3 Å². The zero-order valence-corrected chi connectivity index (χ0v) is 14.1. The Morgan fingerprint density at radius 2 is 2.21 bits per heavy atom. The molecule has 0 unspecified atom stereocenters. The van der Waals surface area contributed by atoms with E-state index >= 15 is 0 Å². The van der Waals surface area contributed by atoms with E-state index < -0.39 is 11.7 Å². The van der Waals surface area contributed by atoms with Crippen LogP contribution in [0.5, 0.6) is 0 Å². The summed E-state index contributed by atoms with van der Waals surface area (Å²) in [5, 5.41) is 8.60. The molecule has 0 aliphatic heterocycles. The summed E-state index contributed by atoms with van der Waals surface area (Å²) in [7, 11) is 0. The molecule has 130 valence electrons. The highest BCUT2D eigenvalue weighted by Crippen LogP contribution is 2.16. The fourth-order valence-electron chi connectivity index (χ4n) is 2.23. The molecule has 2 N–H and O–H groups in total. The van der Waals surface area contributed by atoms with E-state index in [0.717, 1.165) is 18.1 Å². The van der Waals surface area contributed by atoms with Crippen molar-refractivity contribution >= 4 is 12.6 Å². The second-order valence-corrected chi connectivity index (χ2v) is 5.65. The van der Waals surface area contributed by atoms with Gasteiger partial charge in [0.05, 0.1) is 0 Å². The molecule has 0 radical (unpaired) electrons. The van der Waals surface area contributed by atoms with E-state index in [4.69, 9.17) is 5.21 Å². The highest BCUT2D eigenvalue weighted by molar-refractivity contribution is 5.93.